The molecule has 0 unspecified atom stereocenters. The molecule has 5 fully saturated rings. The average Bonchev–Trinajstić information content (AvgIpc) is 3.36. The van der Waals surface area contributed by atoms with Gasteiger partial charge >= 0.3 is 0 Å². The molecule has 0 radical (unpaired) electrons. The topological polar surface area (TPSA) is 12.5 Å². The summed E-state index contributed by atoms with van der Waals surface area (Å²) in [5.41, 5.74) is 1.16. The van der Waals surface area contributed by atoms with Gasteiger partial charge in [0.25, 0.3) is 0 Å². The SMILES string of the molecule is CC(C)CCC[C@@H](C)[C@H]1CC[C@H]2[C@@H]3CC[C@H]4CC[C@H]5O[C@H]5[C@]4(C)[C@H]3CC[C@]12C. The Bertz CT molecular complexity index is 583. The predicted molar refractivity (Wildman–Crippen MR) is 117 cm³/mol. The lowest BCUT2D eigenvalue weighted by molar-refractivity contribution is -0.114. The summed E-state index contributed by atoms with van der Waals surface area (Å²) in [6, 6.07) is 0. The highest BCUT2D eigenvalue weighted by molar-refractivity contribution is 5.15. The van der Waals surface area contributed by atoms with E-state index in [-0.39, 0.29) is 0 Å². The van der Waals surface area contributed by atoms with Gasteiger partial charge in [-0.1, -0.05) is 53.9 Å². The first kappa shape index (κ1) is 19.9. The first-order valence-corrected chi connectivity index (χ1v) is 13.0. The van der Waals surface area contributed by atoms with Gasteiger partial charge in [-0.25, -0.2) is 0 Å². The van der Waals surface area contributed by atoms with Crippen LogP contribution < -0.4 is 0 Å². The summed E-state index contributed by atoms with van der Waals surface area (Å²) in [4.78, 5) is 0. The van der Waals surface area contributed by atoms with Gasteiger partial charge in [0, 0.05) is 5.41 Å². The Balaban J connectivity index is 1.31. The van der Waals surface area contributed by atoms with Crippen molar-refractivity contribution in [2.75, 3.05) is 0 Å². The number of hydrogen-bond acceptors (Lipinski definition) is 1. The number of fused-ring (bicyclic) bond motifs is 7. The van der Waals surface area contributed by atoms with Gasteiger partial charge in [0.05, 0.1) is 12.2 Å². The molecule has 0 N–H and O–H groups in total. The molecule has 4 aliphatic carbocycles. The molecule has 4 saturated carbocycles. The Morgan fingerprint density at radius 1 is 0.857 bits per heavy atom. The van der Waals surface area contributed by atoms with E-state index in [1.807, 2.05) is 0 Å². The van der Waals surface area contributed by atoms with Crippen LogP contribution in [0, 0.1) is 52.3 Å². The van der Waals surface area contributed by atoms with E-state index in [0.29, 0.717) is 23.0 Å². The Hall–Kier alpha value is -0.0400. The summed E-state index contributed by atoms with van der Waals surface area (Å²) < 4.78 is 6.26. The lowest BCUT2D eigenvalue weighted by Crippen LogP contribution is -2.55. The third-order valence-electron chi connectivity index (χ3n) is 11.2. The minimum atomic E-state index is 0.522. The fourth-order valence-corrected chi connectivity index (χ4v) is 9.67. The lowest BCUT2D eigenvalue weighted by atomic mass is 9.44. The van der Waals surface area contributed by atoms with E-state index in [1.54, 1.807) is 0 Å². The highest BCUT2D eigenvalue weighted by Crippen LogP contribution is 2.70. The number of rotatable bonds is 5. The Morgan fingerprint density at radius 3 is 2.43 bits per heavy atom. The zero-order chi connectivity index (χ0) is 19.7. The van der Waals surface area contributed by atoms with Gasteiger partial charge in [-0.15, -0.1) is 0 Å². The maximum absolute atomic E-state index is 6.26. The molecule has 1 heterocycles. The average molecular weight is 387 g/mol. The first-order valence-electron chi connectivity index (χ1n) is 13.0. The van der Waals surface area contributed by atoms with E-state index in [2.05, 4.69) is 34.6 Å². The van der Waals surface area contributed by atoms with Crippen molar-refractivity contribution >= 4 is 0 Å². The fourth-order valence-electron chi connectivity index (χ4n) is 9.67. The van der Waals surface area contributed by atoms with Crippen LogP contribution in [0.3, 0.4) is 0 Å². The number of epoxide rings is 1. The first-order chi connectivity index (χ1) is 13.4. The summed E-state index contributed by atoms with van der Waals surface area (Å²) in [7, 11) is 0. The monoisotopic (exact) mass is 386 g/mol. The normalized spacial score (nSPS) is 53.1. The van der Waals surface area contributed by atoms with Gasteiger partial charge in [-0.2, -0.15) is 0 Å². The van der Waals surface area contributed by atoms with Gasteiger partial charge in [-0.05, 0) is 98.2 Å². The van der Waals surface area contributed by atoms with Crippen molar-refractivity contribution in [2.45, 2.75) is 117 Å². The molecule has 0 bridgehead atoms. The van der Waals surface area contributed by atoms with Crippen LogP contribution in [0.5, 0.6) is 0 Å². The highest BCUT2D eigenvalue weighted by Gasteiger charge is 2.67. The molecule has 5 rings (SSSR count). The second-order valence-electron chi connectivity index (χ2n) is 12.7. The maximum atomic E-state index is 6.26. The quantitative estimate of drug-likeness (QED) is 0.446. The van der Waals surface area contributed by atoms with Gasteiger partial charge in [0.2, 0.25) is 0 Å². The van der Waals surface area contributed by atoms with E-state index in [1.165, 1.54) is 70.6 Å². The van der Waals surface area contributed by atoms with Crippen LogP contribution in [0.1, 0.15) is 105 Å². The molecule has 1 heteroatoms. The lowest BCUT2D eigenvalue weighted by Gasteiger charge is -2.60. The Morgan fingerprint density at radius 2 is 1.64 bits per heavy atom. The van der Waals surface area contributed by atoms with Crippen LogP contribution in [-0.4, -0.2) is 12.2 Å². The molecular formula is C27H46O. The summed E-state index contributed by atoms with van der Waals surface area (Å²) in [5.74, 6) is 6.75. The van der Waals surface area contributed by atoms with Crippen molar-refractivity contribution in [3.63, 3.8) is 0 Å². The van der Waals surface area contributed by atoms with Gasteiger partial charge < -0.3 is 4.74 Å². The van der Waals surface area contributed by atoms with Crippen molar-refractivity contribution in [3.05, 3.63) is 0 Å². The molecule has 0 aromatic carbocycles. The van der Waals surface area contributed by atoms with Crippen LogP contribution in [0.25, 0.3) is 0 Å². The summed E-state index contributed by atoms with van der Waals surface area (Å²) in [5, 5.41) is 0. The van der Waals surface area contributed by atoms with Crippen LogP contribution in [0.15, 0.2) is 0 Å². The van der Waals surface area contributed by atoms with Gasteiger partial charge in [0.1, 0.15) is 0 Å². The largest absolute Gasteiger partial charge is 0.369 e. The molecule has 10 atom stereocenters. The second-order valence-corrected chi connectivity index (χ2v) is 12.7. The van der Waals surface area contributed by atoms with Crippen LogP contribution >= 0.6 is 0 Å². The Labute approximate surface area is 174 Å². The zero-order valence-electron chi connectivity index (χ0n) is 19.4. The molecular weight excluding hydrogens is 340 g/mol. The fraction of sp³-hybridized carbons (Fsp3) is 1.00. The Kier molecular flexibility index (Phi) is 4.97. The number of hydrogen-bond donors (Lipinski definition) is 0. The van der Waals surface area contributed by atoms with E-state index in [4.69, 9.17) is 4.74 Å². The van der Waals surface area contributed by atoms with Crippen molar-refractivity contribution in [1.29, 1.82) is 0 Å². The standard InChI is InChI=1S/C27H46O/c1-17(2)7-6-8-18(3)21-12-13-22-20-11-9-19-10-14-24-25(28-24)27(19,5)23(20)15-16-26(21,22)4/h17-25H,6-16H2,1-5H3/t18-,19+,20+,21-,22+,23+,24-,25-,26-,27+/m1/s1. The van der Waals surface area contributed by atoms with Crippen LogP contribution in [-0.2, 0) is 4.74 Å². The van der Waals surface area contributed by atoms with Crippen molar-refractivity contribution in [2.24, 2.45) is 52.3 Å². The van der Waals surface area contributed by atoms with E-state index < -0.39 is 0 Å². The highest BCUT2D eigenvalue weighted by atomic mass is 16.6. The van der Waals surface area contributed by atoms with Gasteiger partial charge in [0.15, 0.2) is 0 Å². The molecule has 28 heavy (non-hydrogen) atoms. The van der Waals surface area contributed by atoms with Crippen molar-refractivity contribution in [1.82, 2.24) is 0 Å². The smallest absolute Gasteiger partial charge is 0.0900 e. The molecule has 160 valence electrons. The second kappa shape index (κ2) is 7.00. The van der Waals surface area contributed by atoms with Crippen LogP contribution in [0.4, 0.5) is 0 Å². The molecule has 1 nitrogen and oxygen atoms in total. The third kappa shape index (κ3) is 2.88. The molecule has 1 aliphatic heterocycles. The molecule has 0 spiro atoms. The molecule has 0 aromatic heterocycles. The molecule has 1 saturated heterocycles. The molecule has 0 amide bonds. The van der Waals surface area contributed by atoms with Crippen molar-refractivity contribution < 1.29 is 4.74 Å². The summed E-state index contributed by atoms with van der Waals surface area (Å²) in [6.07, 6.45) is 17.6. The van der Waals surface area contributed by atoms with Gasteiger partial charge in [-0.3, -0.25) is 0 Å². The minimum Gasteiger partial charge on any atom is -0.369 e. The van der Waals surface area contributed by atoms with Crippen LogP contribution in [0.2, 0.25) is 0 Å². The van der Waals surface area contributed by atoms with E-state index in [9.17, 15) is 0 Å². The predicted octanol–water partition coefficient (Wildman–Crippen LogP) is 7.49. The third-order valence-corrected chi connectivity index (χ3v) is 11.2. The van der Waals surface area contributed by atoms with E-state index >= 15 is 0 Å². The molecule has 5 aliphatic rings. The zero-order valence-corrected chi connectivity index (χ0v) is 19.4. The minimum absolute atomic E-state index is 0.522. The molecule has 0 aromatic rings. The summed E-state index contributed by atoms with van der Waals surface area (Å²) >= 11 is 0. The maximum Gasteiger partial charge on any atom is 0.0900 e. The van der Waals surface area contributed by atoms with Crippen molar-refractivity contribution in [3.8, 4) is 0 Å². The summed E-state index contributed by atoms with van der Waals surface area (Å²) in [6.45, 7) is 12.8. The van der Waals surface area contributed by atoms with E-state index in [0.717, 1.165) is 41.4 Å². The number of ether oxygens (including phenoxy) is 1.